The fraction of sp³-hybridized carbons (Fsp3) is 0.968. The molecule has 1 N–H and O–H groups in total. The number of hydrogen-bond donors (Lipinski definition) is 1. The predicted octanol–water partition coefficient (Wildman–Crippen LogP) is 7.17. The number of methoxy groups -OCH3 is 1. The highest BCUT2D eigenvalue weighted by molar-refractivity contribution is 5.69. The lowest BCUT2D eigenvalue weighted by molar-refractivity contribution is -0.196. The first kappa shape index (κ1) is 27.4. The normalized spacial score (nSPS) is 48.0. The summed E-state index contributed by atoms with van der Waals surface area (Å²) in [5.41, 5.74) is -0.152. The summed E-state index contributed by atoms with van der Waals surface area (Å²) in [6.07, 6.45) is 11.1. The summed E-state index contributed by atoms with van der Waals surface area (Å²) >= 11 is 0. The molecule has 1 heterocycles. The molecule has 4 heteroatoms. The fourth-order valence-corrected chi connectivity index (χ4v) is 10.4. The molecule has 4 nitrogen and oxygen atoms in total. The Labute approximate surface area is 215 Å². The quantitative estimate of drug-likeness (QED) is 0.401. The minimum atomic E-state index is -0.778. The van der Waals surface area contributed by atoms with Crippen LogP contribution in [0.15, 0.2) is 0 Å². The van der Waals surface area contributed by atoms with Gasteiger partial charge in [-0.1, -0.05) is 34.6 Å². The van der Waals surface area contributed by atoms with Crippen molar-refractivity contribution in [2.24, 2.45) is 45.8 Å². The molecule has 0 amide bonds. The van der Waals surface area contributed by atoms with Crippen LogP contribution in [0.5, 0.6) is 0 Å². The largest absolute Gasteiger partial charge is 0.469 e. The maximum Gasteiger partial charge on any atom is 0.305 e. The highest BCUT2D eigenvalue weighted by Crippen LogP contribution is 2.74. The third-order valence-corrected chi connectivity index (χ3v) is 12.5. The molecule has 1 saturated heterocycles. The number of hydrogen-bond acceptors (Lipinski definition) is 4. The average Bonchev–Trinajstić information content (AvgIpc) is 3.34. The molecule has 1 aliphatic heterocycles. The summed E-state index contributed by atoms with van der Waals surface area (Å²) in [7, 11) is 1.52. The molecule has 9 unspecified atom stereocenters. The van der Waals surface area contributed by atoms with Gasteiger partial charge in [0.15, 0.2) is 0 Å². The van der Waals surface area contributed by atoms with Crippen LogP contribution in [0.4, 0.5) is 0 Å². The minimum Gasteiger partial charge on any atom is -0.469 e. The Hall–Kier alpha value is -0.610. The van der Waals surface area contributed by atoms with Crippen LogP contribution >= 0.6 is 0 Å². The number of rotatable bonds is 6. The van der Waals surface area contributed by atoms with Crippen LogP contribution in [0.25, 0.3) is 0 Å². The van der Waals surface area contributed by atoms with Crippen molar-refractivity contribution in [1.82, 2.24) is 0 Å². The Morgan fingerprint density at radius 2 is 1.63 bits per heavy atom. The van der Waals surface area contributed by atoms with Crippen molar-refractivity contribution in [1.29, 1.82) is 0 Å². The van der Waals surface area contributed by atoms with Gasteiger partial charge in [-0.05, 0) is 124 Å². The molecule has 4 fully saturated rings. The summed E-state index contributed by atoms with van der Waals surface area (Å²) in [5, 5.41) is 10.6. The van der Waals surface area contributed by atoms with Crippen molar-refractivity contribution in [3.05, 3.63) is 0 Å². The van der Waals surface area contributed by atoms with Gasteiger partial charge in [0.2, 0.25) is 0 Å². The highest BCUT2D eigenvalue weighted by Gasteiger charge is 2.68. The Morgan fingerprint density at radius 3 is 2.20 bits per heavy atom. The lowest BCUT2D eigenvalue weighted by Crippen LogP contribution is -2.60. The smallest absolute Gasteiger partial charge is 0.305 e. The van der Waals surface area contributed by atoms with E-state index >= 15 is 0 Å². The predicted molar refractivity (Wildman–Crippen MR) is 141 cm³/mol. The zero-order valence-corrected chi connectivity index (χ0v) is 24.2. The number of fused-ring (bicyclic) bond motifs is 3. The molecule has 0 aromatic carbocycles. The first-order valence-electron chi connectivity index (χ1n) is 14.6. The first-order chi connectivity index (χ1) is 16.1. The molecule has 3 aliphatic carbocycles. The number of aliphatic hydroxyl groups is 1. The van der Waals surface area contributed by atoms with E-state index in [4.69, 9.17) is 9.47 Å². The van der Waals surface area contributed by atoms with E-state index in [0.717, 1.165) is 19.3 Å². The lowest BCUT2D eigenvalue weighted by atomic mass is 9.38. The Bertz CT molecular complexity index is 800. The SMILES string of the molecule is COC(=O)CCC1(C)C(C(C)C)CCC2(C)C1CCC1C(C3(C)CCC(C(C)(C)O)O3)CCC12C. The zero-order valence-electron chi connectivity index (χ0n) is 24.2. The Kier molecular flexibility index (Phi) is 7.05. The summed E-state index contributed by atoms with van der Waals surface area (Å²) in [6, 6.07) is 0. The maximum absolute atomic E-state index is 12.2. The third kappa shape index (κ3) is 4.21. The average molecular weight is 491 g/mol. The third-order valence-electron chi connectivity index (χ3n) is 12.5. The van der Waals surface area contributed by atoms with Gasteiger partial charge in [0, 0.05) is 6.42 Å². The van der Waals surface area contributed by atoms with Gasteiger partial charge in [-0.25, -0.2) is 0 Å². The fourth-order valence-electron chi connectivity index (χ4n) is 10.4. The minimum absolute atomic E-state index is 0.0606. The van der Waals surface area contributed by atoms with E-state index in [2.05, 4.69) is 41.5 Å². The van der Waals surface area contributed by atoms with Gasteiger partial charge < -0.3 is 14.6 Å². The van der Waals surface area contributed by atoms with Gasteiger partial charge in [-0.2, -0.15) is 0 Å². The van der Waals surface area contributed by atoms with Crippen molar-refractivity contribution in [2.45, 2.75) is 137 Å². The van der Waals surface area contributed by atoms with Gasteiger partial charge in [-0.3, -0.25) is 4.79 Å². The van der Waals surface area contributed by atoms with Crippen LogP contribution in [0.3, 0.4) is 0 Å². The summed E-state index contributed by atoms with van der Waals surface area (Å²) in [6.45, 7) is 18.7. The van der Waals surface area contributed by atoms with E-state index in [9.17, 15) is 9.90 Å². The second kappa shape index (κ2) is 9.00. The molecule has 0 spiro atoms. The topological polar surface area (TPSA) is 55.8 Å². The van der Waals surface area contributed by atoms with Crippen LogP contribution in [0.2, 0.25) is 0 Å². The van der Waals surface area contributed by atoms with Crippen LogP contribution in [-0.2, 0) is 14.3 Å². The summed E-state index contributed by atoms with van der Waals surface area (Å²) < 4.78 is 11.8. The van der Waals surface area contributed by atoms with E-state index in [1.807, 2.05) is 13.8 Å². The molecule has 0 aromatic rings. The molecule has 9 atom stereocenters. The summed E-state index contributed by atoms with van der Waals surface area (Å²) in [4.78, 5) is 12.2. The van der Waals surface area contributed by atoms with E-state index in [1.165, 1.54) is 45.6 Å². The lowest BCUT2D eigenvalue weighted by Gasteiger charge is -2.67. The molecular formula is C31H54O4. The second-order valence-electron chi connectivity index (χ2n) is 14.8. The zero-order chi connectivity index (χ0) is 26.0. The van der Waals surface area contributed by atoms with E-state index < -0.39 is 5.60 Å². The first-order valence-corrected chi connectivity index (χ1v) is 14.6. The summed E-state index contributed by atoms with van der Waals surface area (Å²) in [5.74, 6) is 3.12. The maximum atomic E-state index is 12.2. The monoisotopic (exact) mass is 490 g/mol. The molecule has 4 aliphatic rings. The molecule has 35 heavy (non-hydrogen) atoms. The van der Waals surface area contributed by atoms with Crippen molar-refractivity contribution in [2.75, 3.05) is 7.11 Å². The van der Waals surface area contributed by atoms with Gasteiger partial charge in [0.25, 0.3) is 0 Å². The van der Waals surface area contributed by atoms with Crippen molar-refractivity contribution >= 4 is 5.97 Å². The van der Waals surface area contributed by atoms with E-state index in [0.29, 0.717) is 41.4 Å². The molecule has 202 valence electrons. The molecule has 0 bridgehead atoms. The standard InChI is InChI=1S/C31H54O4/c1-20(2)21-12-18-30(7)24(28(21,5)16-15-26(32)34-9)11-10-22-23(13-17-29(22,30)6)31(8)19-14-25(35-31)27(3,4)33/h20-25,33H,10-19H2,1-9H3. The van der Waals surface area contributed by atoms with Crippen LogP contribution in [-0.4, -0.2) is 35.5 Å². The van der Waals surface area contributed by atoms with Gasteiger partial charge in [0.05, 0.1) is 24.4 Å². The van der Waals surface area contributed by atoms with Crippen molar-refractivity contribution in [3.63, 3.8) is 0 Å². The van der Waals surface area contributed by atoms with Crippen LogP contribution in [0.1, 0.15) is 120 Å². The molecule has 0 aromatic heterocycles. The Balaban J connectivity index is 1.63. The number of carbonyl (C=O) groups is 1. The van der Waals surface area contributed by atoms with Crippen molar-refractivity contribution in [3.8, 4) is 0 Å². The van der Waals surface area contributed by atoms with Gasteiger partial charge >= 0.3 is 5.97 Å². The molecular weight excluding hydrogens is 436 g/mol. The molecule has 0 radical (unpaired) electrons. The van der Waals surface area contributed by atoms with Crippen LogP contribution in [0, 0.1) is 45.8 Å². The number of carbonyl (C=O) groups excluding carboxylic acids is 1. The van der Waals surface area contributed by atoms with Gasteiger partial charge in [0.1, 0.15) is 0 Å². The Morgan fingerprint density at radius 1 is 0.971 bits per heavy atom. The second-order valence-corrected chi connectivity index (χ2v) is 14.8. The molecule has 4 rings (SSSR count). The number of esters is 1. The molecule has 3 saturated carbocycles. The van der Waals surface area contributed by atoms with E-state index in [1.54, 1.807) is 0 Å². The van der Waals surface area contributed by atoms with Gasteiger partial charge in [-0.15, -0.1) is 0 Å². The van der Waals surface area contributed by atoms with E-state index in [-0.39, 0.29) is 28.5 Å². The van der Waals surface area contributed by atoms with Crippen molar-refractivity contribution < 1.29 is 19.4 Å². The highest BCUT2D eigenvalue weighted by atomic mass is 16.5. The van der Waals surface area contributed by atoms with Crippen LogP contribution < -0.4 is 0 Å². The number of ether oxygens (including phenoxy) is 2.